The first-order valence-corrected chi connectivity index (χ1v) is 6.49. The summed E-state index contributed by atoms with van der Waals surface area (Å²) in [5.74, 6) is 0. The van der Waals surface area contributed by atoms with E-state index in [1.54, 1.807) is 0 Å². The molecule has 0 saturated carbocycles. The van der Waals surface area contributed by atoms with Gasteiger partial charge in [-0.25, -0.2) is 0 Å². The van der Waals surface area contributed by atoms with Crippen LogP contribution in [-0.2, 0) is 13.1 Å². The van der Waals surface area contributed by atoms with Gasteiger partial charge < -0.3 is 5.32 Å². The molecule has 0 aliphatic heterocycles. The normalized spacial score (nSPS) is 11.4. The summed E-state index contributed by atoms with van der Waals surface area (Å²) in [5, 5.41) is 3.13. The molecule has 3 nitrogen and oxygen atoms in total. The number of pyridine rings is 1. The average molecular weight is 235 g/mol. The number of rotatable bonds is 7. The zero-order valence-electron chi connectivity index (χ0n) is 11.5. The van der Waals surface area contributed by atoms with Gasteiger partial charge in [0.1, 0.15) is 0 Å². The van der Waals surface area contributed by atoms with Crippen molar-refractivity contribution in [2.75, 3.05) is 13.6 Å². The Morgan fingerprint density at radius 2 is 2.12 bits per heavy atom. The molecule has 0 aliphatic rings. The van der Waals surface area contributed by atoms with Gasteiger partial charge in [0.2, 0.25) is 0 Å². The van der Waals surface area contributed by atoms with Crippen LogP contribution in [0.25, 0.3) is 0 Å². The Morgan fingerprint density at radius 3 is 2.59 bits per heavy atom. The van der Waals surface area contributed by atoms with Gasteiger partial charge in [-0.2, -0.15) is 0 Å². The second-order valence-corrected chi connectivity index (χ2v) is 4.75. The van der Waals surface area contributed by atoms with E-state index in [9.17, 15) is 0 Å². The van der Waals surface area contributed by atoms with Crippen LogP contribution < -0.4 is 5.32 Å². The molecule has 1 aromatic heterocycles. The Morgan fingerprint density at radius 1 is 1.35 bits per heavy atom. The molecule has 1 N–H and O–H groups in total. The van der Waals surface area contributed by atoms with Crippen LogP contribution in [0.3, 0.4) is 0 Å². The summed E-state index contributed by atoms with van der Waals surface area (Å²) < 4.78 is 0. The lowest BCUT2D eigenvalue weighted by molar-refractivity contribution is 0.211. The van der Waals surface area contributed by atoms with Gasteiger partial charge in [0.05, 0.1) is 5.69 Å². The molecule has 0 aromatic carbocycles. The SMILES string of the molecule is CCCN(Cc1ccc(CNC)cn1)C(C)C. The van der Waals surface area contributed by atoms with Crippen molar-refractivity contribution in [3.8, 4) is 0 Å². The van der Waals surface area contributed by atoms with Crippen LogP contribution in [0.2, 0.25) is 0 Å². The van der Waals surface area contributed by atoms with E-state index < -0.39 is 0 Å². The van der Waals surface area contributed by atoms with Gasteiger partial charge in [0.25, 0.3) is 0 Å². The molecule has 0 bridgehead atoms. The highest BCUT2D eigenvalue weighted by Crippen LogP contribution is 2.08. The highest BCUT2D eigenvalue weighted by atomic mass is 15.1. The van der Waals surface area contributed by atoms with E-state index in [2.05, 4.69) is 48.1 Å². The first-order valence-electron chi connectivity index (χ1n) is 6.49. The maximum absolute atomic E-state index is 4.52. The molecule has 0 amide bonds. The lowest BCUT2D eigenvalue weighted by Crippen LogP contribution is -2.31. The number of nitrogens with one attached hydrogen (secondary N) is 1. The van der Waals surface area contributed by atoms with Crippen LogP contribution >= 0.6 is 0 Å². The summed E-state index contributed by atoms with van der Waals surface area (Å²) in [6.07, 6.45) is 3.16. The first-order chi connectivity index (χ1) is 8.17. The summed E-state index contributed by atoms with van der Waals surface area (Å²) in [7, 11) is 1.95. The molecule has 17 heavy (non-hydrogen) atoms. The summed E-state index contributed by atoms with van der Waals surface area (Å²) in [6.45, 7) is 9.67. The van der Waals surface area contributed by atoms with Crippen LogP contribution in [0, 0.1) is 0 Å². The van der Waals surface area contributed by atoms with Gasteiger partial charge in [-0.15, -0.1) is 0 Å². The lowest BCUT2D eigenvalue weighted by atomic mass is 10.2. The Bertz CT molecular complexity index is 306. The van der Waals surface area contributed by atoms with Crippen molar-refractivity contribution in [1.29, 1.82) is 0 Å². The van der Waals surface area contributed by atoms with Crippen LogP contribution in [0.1, 0.15) is 38.4 Å². The molecule has 0 fully saturated rings. The Balaban J connectivity index is 2.60. The van der Waals surface area contributed by atoms with E-state index in [1.165, 1.54) is 12.0 Å². The van der Waals surface area contributed by atoms with Gasteiger partial charge in [-0.05, 0) is 45.5 Å². The molecular formula is C14H25N3. The number of nitrogens with zero attached hydrogens (tertiary/aromatic N) is 2. The first kappa shape index (κ1) is 14.1. The van der Waals surface area contributed by atoms with E-state index >= 15 is 0 Å². The summed E-state index contributed by atoms with van der Waals surface area (Å²) in [6, 6.07) is 4.87. The van der Waals surface area contributed by atoms with E-state index in [1.807, 2.05) is 13.2 Å². The van der Waals surface area contributed by atoms with Crippen molar-refractivity contribution in [3.63, 3.8) is 0 Å². The fraction of sp³-hybridized carbons (Fsp3) is 0.643. The standard InChI is InChI=1S/C14H25N3/c1-5-8-17(12(2)3)11-14-7-6-13(9-15-4)10-16-14/h6-7,10,12,15H,5,8-9,11H2,1-4H3. The minimum atomic E-state index is 0.578. The molecule has 0 aliphatic carbocycles. The van der Waals surface area contributed by atoms with E-state index in [-0.39, 0.29) is 0 Å². The average Bonchev–Trinajstić information content (AvgIpc) is 2.31. The van der Waals surface area contributed by atoms with Crippen molar-refractivity contribution < 1.29 is 0 Å². The topological polar surface area (TPSA) is 28.2 Å². The third kappa shape index (κ3) is 4.84. The van der Waals surface area contributed by atoms with Crippen LogP contribution in [0.4, 0.5) is 0 Å². The molecule has 0 spiro atoms. The second kappa shape index (κ2) is 7.41. The van der Waals surface area contributed by atoms with Crippen molar-refractivity contribution in [2.45, 2.75) is 46.3 Å². The summed E-state index contributed by atoms with van der Waals surface area (Å²) >= 11 is 0. The molecule has 0 atom stereocenters. The number of hydrogen-bond acceptors (Lipinski definition) is 3. The van der Waals surface area contributed by atoms with Gasteiger partial charge in [-0.3, -0.25) is 9.88 Å². The van der Waals surface area contributed by atoms with E-state index in [0.29, 0.717) is 6.04 Å². The zero-order chi connectivity index (χ0) is 12.7. The smallest absolute Gasteiger partial charge is 0.0544 e. The third-order valence-corrected chi connectivity index (χ3v) is 2.87. The van der Waals surface area contributed by atoms with Crippen molar-refractivity contribution >= 4 is 0 Å². The highest BCUT2D eigenvalue weighted by Gasteiger charge is 2.09. The predicted molar refractivity (Wildman–Crippen MR) is 72.8 cm³/mol. The Kier molecular flexibility index (Phi) is 6.16. The fourth-order valence-electron chi connectivity index (χ4n) is 1.87. The van der Waals surface area contributed by atoms with Gasteiger partial charge >= 0.3 is 0 Å². The molecule has 0 saturated heterocycles. The van der Waals surface area contributed by atoms with Crippen LogP contribution in [0.5, 0.6) is 0 Å². The maximum atomic E-state index is 4.52. The molecule has 3 heteroatoms. The molecule has 1 aromatic rings. The Labute approximate surface area is 105 Å². The van der Waals surface area contributed by atoms with Crippen molar-refractivity contribution in [1.82, 2.24) is 15.2 Å². The predicted octanol–water partition coefficient (Wildman–Crippen LogP) is 2.42. The molecule has 96 valence electrons. The molecule has 1 heterocycles. The molecule has 1 rings (SSSR count). The van der Waals surface area contributed by atoms with Gasteiger partial charge in [0.15, 0.2) is 0 Å². The van der Waals surface area contributed by atoms with E-state index in [0.717, 1.165) is 25.3 Å². The highest BCUT2D eigenvalue weighted by molar-refractivity contribution is 5.13. The zero-order valence-corrected chi connectivity index (χ0v) is 11.5. The molecular weight excluding hydrogens is 210 g/mol. The fourth-order valence-corrected chi connectivity index (χ4v) is 1.87. The third-order valence-electron chi connectivity index (χ3n) is 2.87. The largest absolute Gasteiger partial charge is 0.316 e. The lowest BCUT2D eigenvalue weighted by Gasteiger charge is -2.25. The molecule has 0 radical (unpaired) electrons. The monoisotopic (exact) mass is 235 g/mol. The van der Waals surface area contributed by atoms with Crippen molar-refractivity contribution in [2.24, 2.45) is 0 Å². The number of hydrogen-bond donors (Lipinski definition) is 1. The van der Waals surface area contributed by atoms with Gasteiger partial charge in [-0.1, -0.05) is 13.0 Å². The maximum Gasteiger partial charge on any atom is 0.0544 e. The number of aromatic nitrogens is 1. The van der Waals surface area contributed by atoms with Crippen LogP contribution in [0.15, 0.2) is 18.3 Å². The minimum Gasteiger partial charge on any atom is -0.316 e. The quantitative estimate of drug-likeness (QED) is 0.786. The summed E-state index contributed by atoms with van der Waals surface area (Å²) in [4.78, 5) is 6.98. The van der Waals surface area contributed by atoms with Gasteiger partial charge in [0, 0.05) is 25.3 Å². The van der Waals surface area contributed by atoms with Crippen molar-refractivity contribution in [3.05, 3.63) is 29.6 Å². The second-order valence-electron chi connectivity index (χ2n) is 4.75. The minimum absolute atomic E-state index is 0.578. The molecule has 0 unspecified atom stereocenters. The van der Waals surface area contributed by atoms with Crippen LogP contribution in [-0.4, -0.2) is 29.5 Å². The summed E-state index contributed by atoms with van der Waals surface area (Å²) in [5.41, 5.74) is 2.40. The Hall–Kier alpha value is -0.930. The van der Waals surface area contributed by atoms with E-state index in [4.69, 9.17) is 0 Å².